The van der Waals surface area contributed by atoms with Crippen LogP contribution in [0.25, 0.3) is 0 Å². The molecule has 0 atom stereocenters. The van der Waals surface area contributed by atoms with Gasteiger partial charge in [0.15, 0.2) is 0 Å². The summed E-state index contributed by atoms with van der Waals surface area (Å²) in [5.74, 6) is 0. The van der Waals surface area contributed by atoms with E-state index in [1.54, 1.807) is 13.8 Å². The van der Waals surface area contributed by atoms with Crippen LogP contribution in [0.4, 0.5) is 0 Å². The third-order valence-electron chi connectivity index (χ3n) is 2.87. The molecule has 0 aromatic rings. The molecule has 0 saturated carbocycles. The number of rotatable bonds is 8. The predicted octanol–water partition coefficient (Wildman–Crippen LogP) is 5.06. The minimum Gasteiger partial charge on any atom is -0.225 e. The maximum atomic E-state index is 11.6. The van der Waals surface area contributed by atoms with Crippen molar-refractivity contribution >= 4 is 0 Å². The fourth-order valence-electron chi connectivity index (χ4n) is 1.36. The molecule has 0 N–H and O–H groups in total. The van der Waals surface area contributed by atoms with Crippen molar-refractivity contribution in [3.8, 4) is 0 Å². The molecule has 0 rings (SSSR count). The van der Waals surface area contributed by atoms with Crippen molar-refractivity contribution in [2.24, 2.45) is 0 Å². The van der Waals surface area contributed by atoms with Crippen LogP contribution in [0.2, 0.25) is 0 Å². The second kappa shape index (κ2) is 8.58. The van der Waals surface area contributed by atoms with Gasteiger partial charge in [0.05, 0.1) is 0 Å². The summed E-state index contributed by atoms with van der Waals surface area (Å²) in [6.07, 6.45) is 13.7. The van der Waals surface area contributed by atoms with Gasteiger partial charge in [-0.25, -0.2) is 5.11 Å². The van der Waals surface area contributed by atoms with E-state index in [0.29, 0.717) is 0 Å². The first-order valence-corrected chi connectivity index (χ1v) is 6.51. The third kappa shape index (κ3) is 8.72. The minimum absolute atomic E-state index is 0.906. The Morgan fingerprint density at radius 1 is 1.06 bits per heavy atom. The Kier molecular flexibility index (Phi) is 8.28. The summed E-state index contributed by atoms with van der Waals surface area (Å²) in [7, 11) is 0. The summed E-state index contributed by atoms with van der Waals surface area (Å²) in [6.45, 7) is 7.60. The lowest BCUT2D eigenvalue weighted by Gasteiger charge is -2.14. The molecule has 1 heteroatoms. The van der Waals surface area contributed by atoms with Gasteiger partial charge in [-0.2, -0.15) is 0 Å². The zero-order valence-electron chi connectivity index (χ0n) is 11.4. The van der Waals surface area contributed by atoms with E-state index in [2.05, 4.69) is 25.2 Å². The van der Waals surface area contributed by atoms with Crippen molar-refractivity contribution in [1.82, 2.24) is 0 Å². The highest BCUT2D eigenvalue weighted by Crippen LogP contribution is 2.16. The van der Waals surface area contributed by atoms with Crippen LogP contribution < -0.4 is 0 Å². The number of allylic oxidation sites excluding steroid dienone is 3. The van der Waals surface area contributed by atoms with Gasteiger partial charge in [-0.15, -0.1) is 0 Å². The number of hydrogen-bond acceptors (Lipinski definition) is 0. The molecule has 0 aromatic heterocycles. The average Bonchev–Trinajstić information content (AvgIpc) is 2.20. The van der Waals surface area contributed by atoms with Crippen LogP contribution in [0.3, 0.4) is 0 Å². The van der Waals surface area contributed by atoms with E-state index >= 15 is 0 Å². The van der Waals surface area contributed by atoms with E-state index in [1.807, 2.05) is 6.92 Å². The molecule has 0 heterocycles. The first-order chi connectivity index (χ1) is 7.48. The first kappa shape index (κ1) is 15.4. The van der Waals surface area contributed by atoms with Crippen LogP contribution in [0, 0.1) is 0 Å². The molecule has 1 radical (unpaired) electrons. The van der Waals surface area contributed by atoms with Crippen molar-refractivity contribution in [2.45, 2.75) is 71.8 Å². The Labute approximate surface area is 101 Å². The molecular formula is C15H27O. The predicted molar refractivity (Wildman–Crippen MR) is 71.0 cm³/mol. The minimum atomic E-state index is -0.906. The normalized spacial score (nSPS) is 13.7. The SMILES string of the molecule is CCCCC=CCCCC=C(C)C(C)(C)[O]. The highest BCUT2D eigenvalue weighted by atomic mass is 16.3. The lowest BCUT2D eigenvalue weighted by atomic mass is 9.98. The Balaban J connectivity index is 3.57. The Morgan fingerprint density at radius 2 is 1.62 bits per heavy atom. The van der Waals surface area contributed by atoms with Crippen molar-refractivity contribution < 1.29 is 5.11 Å². The Hall–Kier alpha value is -0.560. The lowest BCUT2D eigenvalue weighted by Crippen LogP contribution is -2.17. The lowest BCUT2D eigenvalue weighted by molar-refractivity contribution is 0.0377. The second-order valence-corrected chi connectivity index (χ2v) is 4.94. The fraction of sp³-hybridized carbons (Fsp3) is 0.733. The van der Waals surface area contributed by atoms with Crippen LogP contribution >= 0.6 is 0 Å². The van der Waals surface area contributed by atoms with Gasteiger partial charge in [0, 0.05) is 0 Å². The van der Waals surface area contributed by atoms with Crippen LogP contribution in [0.1, 0.15) is 66.2 Å². The molecule has 0 unspecified atom stereocenters. The molecule has 0 saturated heterocycles. The average molecular weight is 223 g/mol. The Bertz CT molecular complexity index is 218. The van der Waals surface area contributed by atoms with Gasteiger partial charge < -0.3 is 0 Å². The van der Waals surface area contributed by atoms with Crippen molar-refractivity contribution in [3.05, 3.63) is 23.8 Å². The quantitative estimate of drug-likeness (QED) is 0.405. The van der Waals surface area contributed by atoms with Gasteiger partial charge in [-0.3, -0.25) is 0 Å². The van der Waals surface area contributed by atoms with E-state index < -0.39 is 5.60 Å². The molecule has 1 nitrogen and oxygen atoms in total. The fourth-order valence-corrected chi connectivity index (χ4v) is 1.36. The number of unbranched alkanes of at least 4 members (excludes halogenated alkanes) is 4. The molecule has 0 bridgehead atoms. The topological polar surface area (TPSA) is 19.9 Å². The molecule has 0 aliphatic heterocycles. The summed E-state index contributed by atoms with van der Waals surface area (Å²) in [5.41, 5.74) is 0.0548. The smallest absolute Gasteiger partial charge is 0.119 e. The zero-order chi connectivity index (χ0) is 12.4. The second-order valence-electron chi connectivity index (χ2n) is 4.94. The van der Waals surface area contributed by atoms with E-state index in [-0.39, 0.29) is 0 Å². The molecule has 0 aromatic carbocycles. The molecule has 16 heavy (non-hydrogen) atoms. The molecule has 0 aliphatic rings. The summed E-state index contributed by atoms with van der Waals surface area (Å²) in [5, 5.41) is 11.6. The van der Waals surface area contributed by atoms with Crippen LogP contribution in [0.15, 0.2) is 23.8 Å². The zero-order valence-corrected chi connectivity index (χ0v) is 11.4. The van der Waals surface area contributed by atoms with Gasteiger partial charge >= 0.3 is 0 Å². The van der Waals surface area contributed by atoms with E-state index in [4.69, 9.17) is 0 Å². The van der Waals surface area contributed by atoms with Crippen molar-refractivity contribution in [1.29, 1.82) is 0 Å². The van der Waals surface area contributed by atoms with E-state index in [0.717, 1.165) is 24.8 Å². The molecule has 0 fully saturated rings. The summed E-state index contributed by atoms with van der Waals surface area (Å²) in [4.78, 5) is 0. The maximum Gasteiger partial charge on any atom is 0.119 e. The molecule has 0 aliphatic carbocycles. The van der Waals surface area contributed by atoms with Gasteiger partial charge in [0.25, 0.3) is 0 Å². The summed E-state index contributed by atoms with van der Waals surface area (Å²) < 4.78 is 0. The van der Waals surface area contributed by atoms with Gasteiger partial charge in [-0.1, -0.05) is 38.0 Å². The third-order valence-corrected chi connectivity index (χ3v) is 2.87. The van der Waals surface area contributed by atoms with Crippen molar-refractivity contribution in [2.75, 3.05) is 0 Å². The number of hydrogen-bond donors (Lipinski definition) is 0. The van der Waals surface area contributed by atoms with Crippen LogP contribution in [-0.2, 0) is 5.11 Å². The van der Waals surface area contributed by atoms with Gasteiger partial charge in [0.1, 0.15) is 5.60 Å². The van der Waals surface area contributed by atoms with Crippen LogP contribution in [0.5, 0.6) is 0 Å². The Morgan fingerprint density at radius 3 is 2.12 bits per heavy atom. The monoisotopic (exact) mass is 223 g/mol. The molecule has 0 amide bonds. The molecular weight excluding hydrogens is 196 g/mol. The van der Waals surface area contributed by atoms with E-state index in [9.17, 15) is 5.11 Å². The first-order valence-electron chi connectivity index (χ1n) is 6.51. The largest absolute Gasteiger partial charge is 0.225 e. The highest BCUT2D eigenvalue weighted by molar-refractivity contribution is 5.09. The standard InChI is InChI=1S/C15H27O/c1-5-6-7-8-9-10-11-12-13-14(2)15(3,4)16/h8-9,13H,5-7,10-12H2,1-4H3. The van der Waals surface area contributed by atoms with Gasteiger partial charge in [0.2, 0.25) is 0 Å². The van der Waals surface area contributed by atoms with Gasteiger partial charge in [-0.05, 0) is 52.0 Å². The molecule has 0 spiro atoms. The van der Waals surface area contributed by atoms with E-state index in [1.165, 1.54) is 19.3 Å². The maximum absolute atomic E-state index is 11.6. The van der Waals surface area contributed by atoms with Crippen LogP contribution in [-0.4, -0.2) is 5.60 Å². The molecule has 93 valence electrons. The summed E-state index contributed by atoms with van der Waals surface area (Å²) in [6, 6.07) is 0. The van der Waals surface area contributed by atoms with Crippen molar-refractivity contribution in [3.63, 3.8) is 0 Å². The summed E-state index contributed by atoms with van der Waals surface area (Å²) >= 11 is 0. The highest BCUT2D eigenvalue weighted by Gasteiger charge is 2.16.